The summed E-state index contributed by atoms with van der Waals surface area (Å²) < 4.78 is 0. The number of amides is 1. The highest BCUT2D eigenvalue weighted by Gasteiger charge is 2.24. The molecule has 2 N–H and O–H groups in total. The third-order valence-corrected chi connectivity index (χ3v) is 5.01. The zero-order chi connectivity index (χ0) is 12.1. The predicted octanol–water partition coefficient (Wildman–Crippen LogP) is 1.92. The van der Waals surface area contributed by atoms with E-state index >= 15 is 0 Å². The second-order valence-corrected chi connectivity index (χ2v) is 6.42. The number of carbonyl (C=O) groups is 1. The Balaban J connectivity index is 1.70. The van der Waals surface area contributed by atoms with E-state index in [9.17, 15) is 4.79 Å². The second kappa shape index (κ2) is 6.64. The molecule has 17 heavy (non-hydrogen) atoms. The van der Waals surface area contributed by atoms with E-state index in [1.54, 1.807) is 0 Å². The molecule has 1 aliphatic carbocycles. The Morgan fingerprint density at radius 1 is 1.35 bits per heavy atom. The maximum atomic E-state index is 11.9. The Morgan fingerprint density at radius 2 is 2.24 bits per heavy atom. The molecule has 1 aliphatic heterocycles. The number of nitrogens with one attached hydrogen (secondary N) is 2. The van der Waals surface area contributed by atoms with E-state index in [1.165, 1.54) is 25.7 Å². The molecule has 2 aliphatic rings. The van der Waals surface area contributed by atoms with Crippen molar-refractivity contribution in [3.8, 4) is 0 Å². The summed E-state index contributed by atoms with van der Waals surface area (Å²) in [7, 11) is 0. The summed E-state index contributed by atoms with van der Waals surface area (Å²) >= 11 is 1.95. The van der Waals surface area contributed by atoms with Gasteiger partial charge in [-0.25, -0.2) is 0 Å². The van der Waals surface area contributed by atoms with Gasteiger partial charge in [0.1, 0.15) is 0 Å². The molecule has 0 spiro atoms. The van der Waals surface area contributed by atoms with Crippen molar-refractivity contribution in [1.82, 2.24) is 10.6 Å². The fourth-order valence-electron chi connectivity index (χ4n) is 2.93. The van der Waals surface area contributed by atoms with E-state index in [2.05, 4.69) is 16.9 Å². The standard InChI is InChI=1S/C13H24N2OS/c1-17-12-6-2-4-11(8-12)15-13(16)9-10-5-3-7-14-10/h10-12,14H,2-9H2,1H3,(H,15,16). The molecule has 2 fully saturated rings. The molecule has 1 saturated heterocycles. The smallest absolute Gasteiger partial charge is 0.221 e. The van der Waals surface area contributed by atoms with E-state index in [1.807, 2.05) is 11.8 Å². The first-order valence-corrected chi connectivity index (χ1v) is 8.12. The Bertz CT molecular complexity index is 254. The summed E-state index contributed by atoms with van der Waals surface area (Å²) in [6, 6.07) is 0.852. The summed E-state index contributed by atoms with van der Waals surface area (Å²) in [5.74, 6) is 0.246. The Labute approximate surface area is 108 Å². The minimum absolute atomic E-state index is 0.246. The lowest BCUT2D eigenvalue weighted by atomic mass is 9.94. The Morgan fingerprint density at radius 3 is 2.94 bits per heavy atom. The van der Waals surface area contributed by atoms with Crippen molar-refractivity contribution in [2.75, 3.05) is 12.8 Å². The second-order valence-electron chi connectivity index (χ2n) is 5.29. The molecule has 1 amide bonds. The van der Waals surface area contributed by atoms with Crippen molar-refractivity contribution < 1.29 is 4.79 Å². The molecule has 98 valence electrons. The van der Waals surface area contributed by atoms with Crippen LogP contribution in [0.3, 0.4) is 0 Å². The number of carbonyl (C=O) groups excluding carboxylic acids is 1. The minimum atomic E-state index is 0.246. The molecule has 3 atom stereocenters. The van der Waals surface area contributed by atoms with Gasteiger partial charge in [-0.2, -0.15) is 11.8 Å². The largest absolute Gasteiger partial charge is 0.353 e. The summed E-state index contributed by atoms with van der Waals surface area (Å²) in [6.45, 7) is 1.08. The molecule has 0 aromatic rings. The third kappa shape index (κ3) is 4.18. The van der Waals surface area contributed by atoms with Crippen LogP contribution in [0.2, 0.25) is 0 Å². The number of rotatable bonds is 4. The number of hydrogen-bond acceptors (Lipinski definition) is 3. The SMILES string of the molecule is CSC1CCCC(NC(=O)CC2CCCN2)C1. The van der Waals surface area contributed by atoms with Crippen molar-refractivity contribution >= 4 is 17.7 Å². The third-order valence-electron chi connectivity index (χ3n) is 3.92. The summed E-state index contributed by atoms with van der Waals surface area (Å²) in [4.78, 5) is 11.9. The van der Waals surface area contributed by atoms with Crippen molar-refractivity contribution in [1.29, 1.82) is 0 Å². The topological polar surface area (TPSA) is 41.1 Å². The van der Waals surface area contributed by atoms with Crippen molar-refractivity contribution in [2.45, 2.75) is 62.3 Å². The van der Waals surface area contributed by atoms with Crippen LogP contribution in [0.1, 0.15) is 44.9 Å². The molecule has 1 heterocycles. The molecule has 3 nitrogen and oxygen atoms in total. The van der Waals surface area contributed by atoms with E-state index in [4.69, 9.17) is 0 Å². The van der Waals surface area contributed by atoms with Crippen LogP contribution in [0.4, 0.5) is 0 Å². The van der Waals surface area contributed by atoms with Crippen molar-refractivity contribution in [2.24, 2.45) is 0 Å². The average Bonchev–Trinajstić information content (AvgIpc) is 2.82. The van der Waals surface area contributed by atoms with Gasteiger partial charge in [0.2, 0.25) is 5.91 Å². The lowest BCUT2D eigenvalue weighted by Gasteiger charge is -2.29. The highest BCUT2D eigenvalue weighted by atomic mass is 32.2. The van der Waals surface area contributed by atoms with Gasteiger partial charge in [-0.1, -0.05) is 6.42 Å². The first-order chi connectivity index (χ1) is 8.28. The maximum Gasteiger partial charge on any atom is 0.221 e. The van der Waals surface area contributed by atoms with Gasteiger partial charge in [0, 0.05) is 23.8 Å². The predicted molar refractivity (Wildman–Crippen MR) is 73.3 cm³/mol. The van der Waals surface area contributed by atoms with E-state index < -0.39 is 0 Å². The number of hydrogen-bond donors (Lipinski definition) is 2. The summed E-state index contributed by atoms with van der Waals surface area (Å²) in [6.07, 6.45) is 10.1. The van der Waals surface area contributed by atoms with Gasteiger partial charge in [-0.3, -0.25) is 4.79 Å². The molecular formula is C13H24N2OS. The molecule has 3 unspecified atom stereocenters. The van der Waals surface area contributed by atoms with E-state index in [-0.39, 0.29) is 5.91 Å². The van der Waals surface area contributed by atoms with Crippen LogP contribution in [0.5, 0.6) is 0 Å². The number of thioether (sulfide) groups is 1. The summed E-state index contributed by atoms with van der Waals surface area (Å²) in [5, 5.41) is 7.35. The minimum Gasteiger partial charge on any atom is -0.353 e. The lowest BCUT2D eigenvalue weighted by Crippen LogP contribution is -2.41. The van der Waals surface area contributed by atoms with Gasteiger partial charge in [-0.05, 0) is 44.9 Å². The van der Waals surface area contributed by atoms with E-state index in [0.29, 0.717) is 18.5 Å². The molecule has 0 aromatic carbocycles. The first-order valence-electron chi connectivity index (χ1n) is 6.83. The molecule has 1 saturated carbocycles. The van der Waals surface area contributed by atoms with Crippen LogP contribution in [0.15, 0.2) is 0 Å². The van der Waals surface area contributed by atoms with Crippen LogP contribution in [0, 0.1) is 0 Å². The fraction of sp³-hybridized carbons (Fsp3) is 0.923. The molecule has 0 aromatic heterocycles. The molecule has 0 radical (unpaired) electrons. The van der Waals surface area contributed by atoms with Gasteiger partial charge in [0.05, 0.1) is 0 Å². The van der Waals surface area contributed by atoms with Gasteiger partial charge >= 0.3 is 0 Å². The Hall–Kier alpha value is -0.220. The highest BCUT2D eigenvalue weighted by molar-refractivity contribution is 7.99. The van der Waals surface area contributed by atoms with Crippen LogP contribution < -0.4 is 10.6 Å². The monoisotopic (exact) mass is 256 g/mol. The van der Waals surface area contributed by atoms with Crippen LogP contribution >= 0.6 is 11.8 Å². The van der Waals surface area contributed by atoms with Gasteiger partial charge in [-0.15, -0.1) is 0 Å². The van der Waals surface area contributed by atoms with Crippen LogP contribution in [-0.4, -0.2) is 36.0 Å². The normalized spacial score (nSPS) is 33.6. The van der Waals surface area contributed by atoms with Crippen molar-refractivity contribution in [3.05, 3.63) is 0 Å². The Kier molecular flexibility index (Phi) is 5.16. The lowest BCUT2D eigenvalue weighted by molar-refractivity contribution is -0.122. The summed E-state index contributed by atoms with van der Waals surface area (Å²) in [5.41, 5.74) is 0. The fourth-order valence-corrected chi connectivity index (χ4v) is 3.76. The maximum absolute atomic E-state index is 11.9. The van der Waals surface area contributed by atoms with E-state index in [0.717, 1.165) is 24.6 Å². The van der Waals surface area contributed by atoms with Crippen LogP contribution in [0.25, 0.3) is 0 Å². The van der Waals surface area contributed by atoms with Gasteiger partial charge in [0.25, 0.3) is 0 Å². The zero-order valence-corrected chi connectivity index (χ0v) is 11.5. The first kappa shape index (κ1) is 13.2. The molecule has 0 bridgehead atoms. The van der Waals surface area contributed by atoms with Gasteiger partial charge < -0.3 is 10.6 Å². The zero-order valence-electron chi connectivity index (χ0n) is 10.7. The molecule has 2 rings (SSSR count). The molecule has 4 heteroatoms. The van der Waals surface area contributed by atoms with Crippen LogP contribution in [-0.2, 0) is 4.79 Å². The quantitative estimate of drug-likeness (QED) is 0.807. The van der Waals surface area contributed by atoms with Gasteiger partial charge in [0.15, 0.2) is 0 Å². The molecular weight excluding hydrogens is 232 g/mol. The van der Waals surface area contributed by atoms with Crippen molar-refractivity contribution in [3.63, 3.8) is 0 Å². The average molecular weight is 256 g/mol. The highest BCUT2D eigenvalue weighted by Crippen LogP contribution is 2.27.